The molecule has 0 radical (unpaired) electrons. The fourth-order valence-corrected chi connectivity index (χ4v) is 2.50. The van der Waals surface area contributed by atoms with E-state index in [-0.39, 0.29) is 0 Å². The van der Waals surface area contributed by atoms with Gasteiger partial charge in [0.1, 0.15) is 5.75 Å². The van der Waals surface area contributed by atoms with Gasteiger partial charge in [0.25, 0.3) is 0 Å². The summed E-state index contributed by atoms with van der Waals surface area (Å²) in [5.74, 6) is 1.39. The molecule has 0 spiro atoms. The number of nitrogens with zero attached hydrogens (tertiary/aromatic N) is 2. The molecular formula is C17H15N3OS. The number of anilines is 2. The van der Waals surface area contributed by atoms with Crippen LogP contribution in [0, 0.1) is 0 Å². The van der Waals surface area contributed by atoms with E-state index in [2.05, 4.69) is 26.7 Å². The number of nitrogens with one attached hydrogen (secondary N) is 1. The number of methoxy groups -OCH3 is 1. The Hall–Kier alpha value is -2.66. The van der Waals surface area contributed by atoms with E-state index in [1.54, 1.807) is 24.6 Å². The van der Waals surface area contributed by atoms with E-state index in [0.29, 0.717) is 5.95 Å². The van der Waals surface area contributed by atoms with Gasteiger partial charge in [-0.25, -0.2) is 9.97 Å². The molecule has 2 heterocycles. The van der Waals surface area contributed by atoms with Gasteiger partial charge in [-0.2, -0.15) is 0 Å². The summed E-state index contributed by atoms with van der Waals surface area (Å²) in [6, 6.07) is 13.6. The summed E-state index contributed by atoms with van der Waals surface area (Å²) >= 11 is 1.69. The Morgan fingerprint density at radius 1 is 1.09 bits per heavy atom. The number of aromatic nitrogens is 2. The van der Waals surface area contributed by atoms with Crippen LogP contribution in [0.15, 0.2) is 54.0 Å². The van der Waals surface area contributed by atoms with Gasteiger partial charge in [0, 0.05) is 16.8 Å². The maximum atomic E-state index is 5.14. The van der Waals surface area contributed by atoms with Crippen molar-refractivity contribution >= 4 is 35.1 Å². The molecule has 0 saturated carbocycles. The highest BCUT2D eigenvalue weighted by Gasteiger charge is 1.99. The molecular weight excluding hydrogens is 294 g/mol. The lowest BCUT2D eigenvalue weighted by Crippen LogP contribution is -1.97. The average molecular weight is 309 g/mol. The number of rotatable bonds is 5. The number of benzene rings is 1. The van der Waals surface area contributed by atoms with Gasteiger partial charge in [0.15, 0.2) is 0 Å². The van der Waals surface area contributed by atoms with E-state index in [0.717, 1.165) is 17.1 Å². The highest BCUT2D eigenvalue weighted by molar-refractivity contribution is 7.10. The largest absolute Gasteiger partial charge is 0.497 e. The minimum absolute atomic E-state index is 0.568. The van der Waals surface area contributed by atoms with Gasteiger partial charge in [-0.1, -0.05) is 6.07 Å². The van der Waals surface area contributed by atoms with Crippen molar-refractivity contribution < 1.29 is 4.74 Å². The fourth-order valence-electron chi connectivity index (χ4n) is 1.88. The van der Waals surface area contributed by atoms with Crippen molar-refractivity contribution in [2.75, 3.05) is 12.4 Å². The minimum Gasteiger partial charge on any atom is -0.497 e. The van der Waals surface area contributed by atoms with Crippen LogP contribution in [0.3, 0.4) is 0 Å². The zero-order chi connectivity index (χ0) is 15.2. The highest BCUT2D eigenvalue weighted by atomic mass is 32.1. The van der Waals surface area contributed by atoms with Gasteiger partial charge < -0.3 is 10.1 Å². The molecule has 5 heteroatoms. The fraction of sp³-hybridized carbons (Fsp3) is 0.0588. The molecule has 1 N–H and O–H groups in total. The second kappa shape index (κ2) is 6.87. The molecule has 3 aromatic rings. The molecule has 110 valence electrons. The molecule has 0 aliphatic heterocycles. The summed E-state index contributed by atoms with van der Waals surface area (Å²) in [7, 11) is 1.65. The first-order valence-corrected chi connectivity index (χ1v) is 7.67. The molecule has 0 aliphatic rings. The first-order chi connectivity index (χ1) is 10.8. The summed E-state index contributed by atoms with van der Waals surface area (Å²) in [5, 5.41) is 5.23. The summed E-state index contributed by atoms with van der Waals surface area (Å²) in [6.45, 7) is 0. The van der Waals surface area contributed by atoms with Crippen LogP contribution in [-0.4, -0.2) is 17.1 Å². The summed E-state index contributed by atoms with van der Waals surface area (Å²) in [4.78, 5) is 9.91. The monoisotopic (exact) mass is 309 g/mol. The van der Waals surface area contributed by atoms with E-state index in [4.69, 9.17) is 4.74 Å². The topological polar surface area (TPSA) is 47.0 Å². The molecule has 0 aliphatic carbocycles. The summed E-state index contributed by atoms with van der Waals surface area (Å²) in [6.07, 6.45) is 5.77. The van der Waals surface area contributed by atoms with Crippen LogP contribution in [0.4, 0.5) is 11.6 Å². The zero-order valence-electron chi connectivity index (χ0n) is 12.1. The SMILES string of the molecule is COc1ccc(Nc2nccc(/C=C/c3cccs3)n2)cc1. The number of thiophene rings is 1. The molecule has 0 atom stereocenters. The van der Waals surface area contributed by atoms with Crippen LogP contribution in [-0.2, 0) is 0 Å². The Morgan fingerprint density at radius 3 is 2.68 bits per heavy atom. The second-order valence-corrected chi connectivity index (χ2v) is 5.49. The lowest BCUT2D eigenvalue weighted by atomic mass is 10.3. The second-order valence-electron chi connectivity index (χ2n) is 4.51. The molecule has 1 aromatic carbocycles. The van der Waals surface area contributed by atoms with Crippen molar-refractivity contribution in [3.63, 3.8) is 0 Å². The van der Waals surface area contributed by atoms with Gasteiger partial charge >= 0.3 is 0 Å². The standard InChI is InChI=1S/C17H15N3OS/c1-21-15-7-4-13(5-8-15)19-17-18-11-10-14(20-17)6-9-16-3-2-12-22-16/h2-12H,1H3,(H,18,19,20)/b9-6+. The van der Waals surface area contributed by atoms with Gasteiger partial charge in [0.05, 0.1) is 12.8 Å². The third kappa shape index (κ3) is 3.71. The Balaban J connectivity index is 1.73. The molecule has 0 amide bonds. The molecule has 0 bridgehead atoms. The average Bonchev–Trinajstić information content (AvgIpc) is 3.08. The van der Waals surface area contributed by atoms with Crippen LogP contribution in [0.5, 0.6) is 5.75 Å². The van der Waals surface area contributed by atoms with Crippen molar-refractivity contribution in [3.05, 3.63) is 64.6 Å². The lowest BCUT2D eigenvalue weighted by Gasteiger charge is -2.06. The minimum atomic E-state index is 0.568. The molecule has 0 saturated heterocycles. The summed E-state index contributed by atoms with van der Waals surface area (Å²) < 4.78 is 5.14. The Morgan fingerprint density at radius 2 is 1.95 bits per heavy atom. The first kappa shape index (κ1) is 14.3. The third-order valence-corrected chi connectivity index (χ3v) is 3.82. The van der Waals surface area contributed by atoms with Crippen LogP contribution >= 0.6 is 11.3 Å². The smallest absolute Gasteiger partial charge is 0.227 e. The quantitative estimate of drug-likeness (QED) is 0.756. The Kier molecular flexibility index (Phi) is 4.46. The number of hydrogen-bond donors (Lipinski definition) is 1. The van der Waals surface area contributed by atoms with E-state index < -0.39 is 0 Å². The maximum absolute atomic E-state index is 5.14. The predicted octanol–water partition coefficient (Wildman–Crippen LogP) is 4.46. The van der Waals surface area contributed by atoms with Gasteiger partial charge in [-0.15, -0.1) is 11.3 Å². The van der Waals surface area contributed by atoms with Crippen LogP contribution < -0.4 is 10.1 Å². The lowest BCUT2D eigenvalue weighted by molar-refractivity contribution is 0.415. The summed E-state index contributed by atoms with van der Waals surface area (Å²) in [5.41, 5.74) is 1.78. The van der Waals surface area contributed by atoms with E-state index >= 15 is 0 Å². The number of hydrogen-bond acceptors (Lipinski definition) is 5. The molecule has 22 heavy (non-hydrogen) atoms. The Labute approximate surface area is 133 Å². The molecule has 2 aromatic heterocycles. The Bertz CT molecular complexity index is 752. The third-order valence-electron chi connectivity index (χ3n) is 2.98. The molecule has 0 fully saturated rings. The van der Waals surface area contributed by atoms with Crippen molar-refractivity contribution in [2.24, 2.45) is 0 Å². The molecule has 4 nitrogen and oxygen atoms in total. The van der Waals surface area contributed by atoms with Crippen LogP contribution in [0.1, 0.15) is 10.6 Å². The first-order valence-electron chi connectivity index (χ1n) is 6.79. The maximum Gasteiger partial charge on any atom is 0.227 e. The number of ether oxygens (including phenoxy) is 1. The van der Waals surface area contributed by atoms with Gasteiger partial charge in [-0.05, 0) is 53.9 Å². The van der Waals surface area contributed by atoms with Crippen molar-refractivity contribution in [1.82, 2.24) is 9.97 Å². The molecule has 0 unspecified atom stereocenters. The predicted molar refractivity (Wildman–Crippen MR) is 91.6 cm³/mol. The van der Waals surface area contributed by atoms with Crippen molar-refractivity contribution in [3.8, 4) is 5.75 Å². The van der Waals surface area contributed by atoms with Crippen molar-refractivity contribution in [1.29, 1.82) is 0 Å². The van der Waals surface area contributed by atoms with Crippen molar-refractivity contribution in [2.45, 2.75) is 0 Å². The van der Waals surface area contributed by atoms with E-state index in [1.165, 1.54) is 4.88 Å². The van der Waals surface area contributed by atoms with E-state index in [1.807, 2.05) is 48.6 Å². The highest BCUT2D eigenvalue weighted by Crippen LogP contribution is 2.18. The van der Waals surface area contributed by atoms with Gasteiger partial charge in [-0.3, -0.25) is 0 Å². The van der Waals surface area contributed by atoms with Crippen LogP contribution in [0.2, 0.25) is 0 Å². The normalized spacial score (nSPS) is 10.8. The van der Waals surface area contributed by atoms with E-state index in [9.17, 15) is 0 Å². The molecule has 3 rings (SSSR count). The van der Waals surface area contributed by atoms with Crippen LogP contribution in [0.25, 0.3) is 12.2 Å². The van der Waals surface area contributed by atoms with Gasteiger partial charge in [0.2, 0.25) is 5.95 Å². The zero-order valence-corrected chi connectivity index (χ0v) is 12.9.